The van der Waals surface area contributed by atoms with Crippen molar-refractivity contribution in [2.45, 2.75) is 43.9 Å². The Morgan fingerprint density at radius 1 is 1.04 bits per heavy atom. The molecular weight excluding hydrogens is 316 g/mol. The Hall–Kier alpha value is -1.68. The topological polar surface area (TPSA) is 42.0 Å². The molecule has 1 amide bonds. The van der Waals surface area contributed by atoms with Gasteiger partial charge in [0, 0.05) is 16.4 Å². The molecule has 0 aliphatic heterocycles. The highest BCUT2D eigenvalue weighted by atomic mass is 32.1. The van der Waals surface area contributed by atoms with Gasteiger partial charge in [0.25, 0.3) is 5.91 Å². The van der Waals surface area contributed by atoms with Crippen LogP contribution in [0.2, 0.25) is 0 Å². The van der Waals surface area contributed by atoms with Gasteiger partial charge in [0.15, 0.2) is 5.13 Å². The molecule has 4 heteroatoms. The number of anilines is 1. The van der Waals surface area contributed by atoms with Gasteiger partial charge in [-0.3, -0.25) is 10.1 Å². The molecule has 6 rings (SSSR count). The molecule has 1 aromatic carbocycles. The fourth-order valence-electron chi connectivity index (χ4n) is 5.76. The van der Waals surface area contributed by atoms with Gasteiger partial charge in [0.05, 0.1) is 5.69 Å². The van der Waals surface area contributed by atoms with E-state index in [1.165, 1.54) is 44.2 Å². The van der Waals surface area contributed by atoms with Gasteiger partial charge >= 0.3 is 0 Å². The van der Waals surface area contributed by atoms with Crippen LogP contribution in [0.25, 0.3) is 0 Å². The maximum atomic E-state index is 12.3. The van der Waals surface area contributed by atoms with Crippen LogP contribution < -0.4 is 5.32 Å². The highest BCUT2D eigenvalue weighted by molar-refractivity contribution is 7.14. The highest BCUT2D eigenvalue weighted by Gasteiger charge is 2.52. The summed E-state index contributed by atoms with van der Waals surface area (Å²) in [6.07, 6.45) is 8.28. The number of nitrogens with zero attached hydrogens (tertiary/aromatic N) is 1. The molecule has 3 nitrogen and oxygen atoms in total. The quantitative estimate of drug-likeness (QED) is 0.868. The van der Waals surface area contributed by atoms with E-state index in [0.29, 0.717) is 11.0 Å². The first-order valence-corrected chi connectivity index (χ1v) is 9.91. The van der Waals surface area contributed by atoms with Gasteiger partial charge in [-0.15, -0.1) is 11.3 Å². The number of carbonyl (C=O) groups is 1. The first-order valence-electron chi connectivity index (χ1n) is 9.03. The van der Waals surface area contributed by atoms with Gasteiger partial charge in [0.2, 0.25) is 0 Å². The third-order valence-electron chi connectivity index (χ3n) is 6.34. The second-order valence-corrected chi connectivity index (χ2v) is 8.91. The molecule has 4 fully saturated rings. The number of carbonyl (C=O) groups excluding carboxylic acids is 1. The maximum Gasteiger partial charge on any atom is 0.257 e. The summed E-state index contributed by atoms with van der Waals surface area (Å²) in [4.78, 5) is 17.2. The number of amides is 1. The van der Waals surface area contributed by atoms with E-state index in [4.69, 9.17) is 4.98 Å². The average molecular weight is 338 g/mol. The van der Waals surface area contributed by atoms with Crippen LogP contribution in [-0.4, -0.2) is 10.9 Å². The zero-order valence-electron chi connectivity index (χ0n) is 13.7. The van der Waals surface area contributed by atoms with Crippen molar-refractivity contribution in [3.8, 4) is 0 Å². The van der Waals surface area contributed by atoms with E-state index in [-0.39, 0.29) is 5.91 Å². The molecular formula is C20H22N2OS. The molecule has 24 heavy (non-hydrogen) atoms. The summed E-state index contributed by atoms with van der Waals surface area (Å²) in [5.74, 6) is 2.68. The lowest BCUT2D eigenvalue weighted by molar-refractivity contribution is -0.00688. The second kappa shape index (κ2) is 5.41. The van der Waals surface area contributed by atoms with Gasteiger partial charge in [-0.25, -0.2) is 4.98 Å². The molecule has 0 spiro atoms. The van der Waals surface area contributed by atoms with Crippen molar-refractivity contribution in [3.05, 3.63) is 47.0 Å². The van der Waals surface area contributed by atoms with Crippen LogP contribution >= 0.6 is 11.3 Å². The zero-order chi connectivity index (χ0) is 16.1. The van der Waals surface area contributed by atoms with E-state index >= 15 is 0 Å². The van der Waals surface area contributed by atoms with Gasteiger partial charge in [-0.1, -0.05) is 18.2 Å². The number of thiazole rings is 1. The van der Waals surface area contributed by atoms with Crippen molar-refractivity contribution < 1.29 is 4.79 Å². The smallest absolute Gasteiger partial charge is 0.257 e. The Morgan fingerprint density at radius 2 is 1.67 bits per heavy atom. The first kappa shape index (κ1) is 14.6. The molecule has 4 saturated carbocycles. The zero-order valence-corrected chi connectivity index (χ0v) is 14.5. The molecule has 0 saturated heterocycles. The Bertz CT molecular complexity index is 732. The van der Waals surface area contributed by atoms with Gasteiger partial charge in [0.1, 0.15) is 0 Å². The standard InChI is InChI=1S/C20H22N2OS/c23-18(16-4-2-1-3-5-16)22-19-21-17(12-24-19)20-9-13-6-14(10-20)8-15(7-13)11-20/h1-5,12-15H,6-11H2,(H,21,22,23). The van der Waals surface area contributed by atoms with Crippen LogP contribution in [0.4, 0.5) is 5.13 Å². The lowest BCUT2D eigenvalue weighted by atomic mass is 9.49. The number of hydrogen-bond acceptors (Lipinski definition) is 3. The lowest BCUT2D eigenvalue weighted by Crippen LogP contribution is -2.48. The van der Waals surface area contributed by atoms with Crippen molar-refractivity contribution in [2.24, 2.45) is 17.8 Å². The van der Waals surface area contributed by atoms with Gasteiger partial charge in [-0.2, -0.15) is 0 Å². The lowest BCUT2D eigenvalue weighted by Gasteiger charge is -2.56. The largest absolute Gasteiger partial charge is 0.298 e. The van der Waals surface area contributed by atoms with Crippen molar-refractivity contribution >= 4 is 22.4 Å². The molecule has 4 aliphatic carbocycles. The fourth-order valence-corrected chi connectivity index (χ4v) is 6.59. The summed E-state index contributed by atoms with van der Waals surface area (Å²) < 4.78 is 0. The Kier molecular flexibility index (Phi) is 3.30. The third-order valence-corrected chi connectivity index (χ3v) is 7.10. The minimum Gasteiger partial charge on any atom is -0.298 e. The van der Waals surface area contributed by atoms with E-state index in [1.54, 1.807) is 11.3 Å². The second-order valence-electron chi connectivity index (χ2n) is 8.06. The number of rotatable bonds is 3. The van der Waals surface area contributed by atoms with E-state index in [0.717, 1.165) is 22.9 Å². The van der Waals surface area contributed by atoms with Crippen LogP contribution in [0.5, 0.6) is 0 Å². The fraction of sp³-hybridized carbons (Fsp3) is 0.500. The van der Waals surface area contributed by atoms with E-state index in [1.807, 2.05) is 30.3 Å². The van der Waals surface area contributed by atoms with Crippen molar-refractivity contribution in [1.82, 2.24) is 4.98 Å². The van der Waals surface area contributed by atoms with Crippen molar-refractivity contribution in [3.63, 3.8) is 0 Å². The van der Waals surface area contributed by atoms with Crippen LogP contribution in [0.15, 0.2) is 35.7 Å². The Balaban J connectivity index is 1.37. The molecule has 1 aromatic heterocycles. The summed E-state index contributed by atoms with van der Waals surface area (Å²) in [5.41, 5.74) is 2.24. The molecule has 2 aromatic rings. The normalized spacial score (nSPS) is 33.6. The third kappa shape index (κ3) is 2.39. The monoisotopic (exact) mass is 338 g/mol. The number of nitrogens with one attached hydrogen (secondary N) is 1. The molecule has 4 aliphatic rings. The van der Waals surface area contributed by atoms with E-state index in [2.05, 4.69) is 10.7 Å². The van der Waals surface area contributed by atoms with Crippen molar-refractivity contribution in [2.75, 3.05) is 5.32 Å². The van der Waals surface area contributed by atoms with Crippen molar-refractivity contribution in [1.29, 1.82) is 0 Å². The number of aromatic nitrogens is 1. The van der Waals surface area contributed by atoms with Gasteiger partial charge in [-0.05, 0) is 68.4 Å². The molecule has 0 radical (unpaired) electrons. The summed E-state index contributed by atoms with van der Waals surface area (Å²) in [7, 11) is 0. The van der Waals surface area contributed by atoms with E-state index < -0.39 is 0 Å². The maximum absolute atomic E-state index is 12.3. The average Bonchev–Trinajstić information content (AvgIpc) is 3.04. The molecule has 0 atom stereocenters. The van der Waals surface area contributed by atoms with Crippen LogP contribution in [0, 0.1) is 17.8 Å². The molecule has 4 bridgehead atoms. The SMILES string of the molecule is O=C(Nc1nc(C23CC4CC(CC(C4)C2)C3)cs1)c1ccccc1. The predicted octanol–water partition coefficient (Wildman–Crippen LogP) is 4.86. The number of benzene rings is 1. The summed E-state index contributed by atoms with van der Waals surface area (Å²) in [5, 5.41) is 5.93. The first-order chi connectivity index (χ1) is 11.7. The summed E-state index contributed by atoms with van der Waals surface area (Å²) >= 11 is 1.58. The predicted molar refractivity (Wildman–Crippen MR) is 96.4 cm³/mol. The van der Waals surface area contributed by atoms with Crippen LogP contribution in [-0.2, 0) is 5.41 Å². The minimum absolute atomic E-state index is 0.0676. The number of hydrogen-bond donors (Lipinski definition) is 1. The molecule has 124 valence electrons. The molecule has 1 heterocycles. The van der Waals surface area contributed by atoms with Crippen LogP contribution in [0.3, 0.4) is 0 Å². The Labute approximate surface area is 146 Å². The molecule has 1 N–H and O–H groups in total. The van der Waals surface area contributed by atoms with Crippen LogP contribution in [0.1, 0.15) is 54.6 Å². The minimum atomic E-state index is -0.0676. The highest BCUT2D eigenvalue weighted by Crippen LogP contribution is 2.60. The van der Waals surface area contributed by atoms with Gasteiger partial charge < -0.3 is 0 Å². The van der Waals surface area contributed by atoms with E-state index in [9.17, 15) is 4.79 Å². The molecule has 0 unspecified atom stereocenters. The summed E-state index contributed by atoms with van der Waals surface area (Å²) in [6, 6.07) is 9.37. The summed E-state index contributed by atoms with van der Waals surface area (Å²) in [6.45, 7) is 0. The Morgan fingerprint density at radius 3 is 2.29 bits per heavy atom.